The Bertz CT molecular complexity index is 1100. The van der Waals surface area contributed by atoms with Crippen LogP contribution in [-0.4, -0.2) is 45.6 Å². The topological polar surface area (TPSA) is 46.0 Å². The molecular formula is C24H26FN5. The molecule has 0 saturated carbocycles. The van der Waals surface area contributed by atoms with Crippen LogP contribution in [0.1, 0.15) is 13.8 Å². The molecule has 0 aliphatic carbocycles. The highest BCUT2D eigenvalue weighted by Gasteiger charge is 2.17. The van der Waals surface area contributed by atoms with Gasteiger partial charge in [0.05, 0.1) is 5.39 Å². The molecule has 4 aromatic rings. The molecule has 5 nitrogen and oxygen atoms in total. The summed E-state index contributed by atoms with van der Waals surface area (Å²) in [7, 11) is 0. The Morgan fingerprint density at radius 3 is 2.40 bits per heavy atom. The van der Waals surface area contributed by atoms with Crippen LogP contribution < -0.4 is 5.32 Å². The molecule has 0 atom stereocenters. The average Bonchev–Trinajstić information content (AvgIpc) is 3.18. The highest BCUT2D eigenvalue weighted by Crippen LogP contribution is 2.35. The van der Waals surface area contributed by atoms with Gasteiger partial charge in [0.25, 0.3) is 0 Å². The minimum absolute atomic E-state index is 0.258. The van der Waals surface area contributed by atoms with Crippen molar-refractivity contribution in [3.05, 3.63) is 72.9 Å². The zero-order valence-corrected chi connectivity index (χ0v) is 17.3. The van der Waals surface area contributed by atoms with Crippen LogP contribution in [0.3, 0.4) is 0 Å². The molecule has 30 heavy (non-hydrogen) atoms. The summed E-state index contributed by atoms with van der Waals surface area (Å²) < 4.78 is 15.5. The van der Waals surface area contributed by atoms with Crippen molar-refractivity contribution in [1.82, 2.24) is 19.4 Å². The first-order valence-corrected chi connectivity index (χ1v) is 10.3. The van der Waals surface area contributed by atoms with E-state index >= 15 is 0 Å². The zero-order chi connectivity index (χ0) is 20.9. The number of halogens is 1. The quantitative estimate of drug-likeness (QED) is 0.451. The Labute approximate surface area is 176 Å². The standard InChI is InChI=1S/C24H26FN5/c1-3-29(4-2)15-14-26-23-22-21(18-8-6-5-7-9-18)16-30(24(22)28-17-27-23)20-12-10-19(25)11-13-20/h5-13,16-17H,3-4,14-15H2,1-2H3,(H,26,27,28). The first-order valence-electron chi connectivity index (χ1n) is 10.3. The number of fused-ring (bicyclic) bond motifs is 1. The zero-order valence-electron chi connectivity index (χ0n) is 17.3. The Morgan fingerprint density at radius 1 is 0.967 bits per heavy atom. The molecule has 2 aromatic carbocycles. The molecule has 4 rings (SSSR count). The van der Waals surface area contributed by atoms with E-state index < -0.39 is 0 Å². The van der Waals surface area contributed by atoms with Crippen molar-refractivity contribution in [3.8, 4) is 16.8 Å². The maximum atomic E-state index is 13.5. The summed E-state index contributed by atoms with van der Waals surface area (Å²) in [5.41, 5.74) is 3.78. The van der Waals surface area contributed by atoms with E-state index in [1.807, 2.05) is 22.8 Å². The second-order valence-electron chi connectivity index (χ2n) is 7.13. The van der Waals surface area contributed by atoms with Crippen LogP contribution in [0.2, 0.25) is 0 Å². The van der Waals surface area contributed by atoms with Gasteiger partial charge in [-0.3, -0.25) is 0 Å². The van der Waals surface area contributed by atoms with Gasteiger partial charge < -0.3 is 14.8 Å². The molecule has 0 fully saturated rings. The van der Waals surface area contributed by atoms with E-state index in [0.717, 1.165) is 59.8 Å². The lowest BCUT2D eigenvalue weighted by Gasteiger charge is -2.18. The van der Waals surface area contributed by atoms with Crippen molar-refractivity contribution in [2.24, 2.45) is 0 Å². The predicted molar refractivity (Wildman–Crippen MR) is 121 cm³/mol. The van der Waals surface area contributed by atoms with E-state index in [-0.39, 0.29) is 5.82 Å². The van der Waals surface area contributed by atoms with E-state index in [2.05, 4.69) is 52.4 Å². The maximum Gasteiger partial charge on any atom is 0.150 e. The molecule has 0 saturated heterocycles. The summed E-state index contributed by atoms with van der Waals surface area (Å²) in [4.78, 5) is 11.5. The minimum atomic E-state index is -0.258. The van der Waals surface area contributed by atoms with Gasteiger partial charge >= 0.3 is 0 Å². The van der Waals surface area contributed by atoms with E-state index in [0.29, 0.717) is 0 Å². The molecule has 0 spiro atoms. The van der Waals surface area contributed by atoms with Crippen molar-refractivity contribution in [2.45, 2.75) is 13.8 Å². The lowest BCUT2D eigenvalue weighted by molar-refractivity contribution is 0.316. The SMILES string of the molecule is CCN(CC)CCNc1ncnc2c1c(-c1ccccc1)cn2-c1ccc(F)cc1. The first-order chi connectivity index (χ1) is 14.7. The lowest BCUT2D eigenvalue weighted by atomic mass is 10.1. The van der Waals surface area contributed by atoms with Gasteiger partial charge in [0.15, 0.2) is 5.65 Å². The number of rotatable bonds is 8. The van der Waals surface area contributed by atoms with Crippen LogP contribution in [0.25, 0.3) is 27.8 Å². The Balaban J connectivity index is 1.80. The molecule has 0 aliphatic rings. The number of hydrogen-bond acceptors (Lipinski definition) is 4. The molecule has 0 radical (unpaired) electrons. The van der Waals surface area contributed by atoms with Gasteiger partial charge in [-0.1, -0.05) is 44.2 Å². The third kappa shape index (κ3) is 4.04. The van der Waals surface area contributed by atoms with Gasteiger partial charge in [-0.2, -0.15) is 0 Å². The number of nitrogens with zero attached hydrogens (tertiary/aromatic N) is 4. The van der Waals surface area contributed by atoms with Gasteiger partial charge in [0.1, 0.15) is 18.0 Å². The second-order valence-corrected chi connectivity index (χ2v) is 7.13. The Hall–Kier alpha value is -3.25. The monoisotopic (exact) mass is 403 g/mol. The molecule has 6 heteroatoms. The number of likely N-dealkylation sites (N-methyl/N-ethyl adjacent to an activating group) is 1. The molecular weight excluding hydrogens is 377 g/mol. The molecule has 2 heterocycles. The number of aromatic nitrogens is 3. The number of anilines is 1. The number of hydrogen-bond donors (Lipinski definition) is 1. The van der Waals surface area contributed by atoms with Crippen LogP contribution in [0, 0.1) is 5.82 Å². The third-order valence-corrected chi connectivity index (χ3v) is 5.39. The largest absolute Gasteiger partial charge is 0.368 e. The number of benzene rings is 2. The van der Waals surface area contributed by atoms with E-state index in [9.17, 15) is 4.39 Å². The smallest absolute Gasteiger partial charge is 0.150 e. The van der Waals surface area contributed by atoms with E-state index in [4.69, 9.17) is 0 Å². The molecule has 2 aromatic heterocycles. The second kappa shape index (κ2) is 9.05. The van der Waals surface area contributed by atoms with E-state index in [1.54, 1.807) is 18.5 Å². The highest BCUT2D eigenvalue weighted by atomic mass is 19.1. The van der Waals surface area contributed by atoms with Crippen molar-refractivity contribution < 1.29 is 4.39 Å². The summed E-state index contributed by atoms with van der Waals surface area (Å²) in [6, 6.07) is 16.7. The molecule has 154 valence electrons. The first kappa shape index (κ1) is 20.0. The maximum absolute atomic E-state index is 13.5. The van der Waals surface area contributed by atoms with Gasteiger partial charge in [0, 0.05) is 30.5 Å². The van der Waals surface area contributed by atoms with Crippen LogP contribution in [-0.2, 0) is 0 Å². The summed E-state index contributed by atoms with van der Waals surface area (Å²) in [5.74, 6) is 0.554. The van der Waals surface area contributed by atoms with Crippen molar-refractivity contribution in [3.63, 3.8) is 0 Å². The molecule has 1 N–H and O–H groups in total. The van der Waals surface area contributed by atoms with Crippen molar-refractivity contribution in [1.29, 1.82) is 0 Å². The number of nitrogens with one attached hydrogen (secondary N) is 1. The molecule has 0 amide bonds. The van der Waals surface area contributed by atoms with Gasteiger partial charge in [-0.05, 0) is 42.9 Å². The van der Waals surface area contributed by atoms with Gasteiger partial charge in [-0.15, -0.1) is 0 Å². The molecule has 0 bridgehead atoms. The molecule has 0 aliphatic heterocycles. The summed E-state index contributed by atoms with van der Waals surface area (Å²) in [6.07, 6.45) is 3.63. The summed E-state index contributed by atoms with van der Waals surface area (Å²) >= 11 is 0. The minimum Gasteiger partial charge on any atom is -0.368 e. The fourth-order valence-electron chi connectivity index (χ4n) is 3.70. The highest BCUT2D eigenvalue weighted by molar-refractivity contribution is 6.02. The summed E-state index contributed by atoms with van der Waals surface area (Å²) in [6.45, 7) is 8.12. The third-order valence-electron chi connectivity index (χ3n) is 5.39. The van der Waals surface area contributed by atoms with Crippen LogP contribution in [0.15, 0.2) is 67.1 Å². The lowest BCUT2D eigenvalue weighted by Crippen LogP contribution is -2.28. The predicted octanol–water partition coefficient (Wildman–Crippen LogP) is 4.98. The average molecular weight is 404 g/mol. The van der Waals surface area contributed by atoms with Crippen molar-refractivity contribution >= 4 is 16.9 Å². The fraction of sp³-hybridized carbons (Fsp3) is 0.250. The van der Waals surface area contributed by atoms with Crippen molar-refractivity contribution in [2.75, 3.05) is 31.5 Å². The Morgan fingerprint density at radius 2 is 1.70 bits per heavy atom. The summed E-state index contributed by atoms with van der Waals surface area (Å²) in [5, 5.41) is 4.47. The van der Waals surface area contributed by atoms with Gasteiger partial charge in [0.2, 0.25) is 0 Å². The van der Waals surface area contributed by atoms with E-state index in [1.165, 1.54) is 12.1 Å². The Kier molecular flexibility index (Phi) is 6.05. The van der Waals surface area contributed by atoms with Crippen LogP contribution >= 0.6 is 0 Å². The fourth-order valence-corrected chi connectivity index (χ4v) is 3.70. The van der Waals surface area contributed by atoms with Crippen LogP contribution in [0.4, 0.5) is 10.2 Å². The molecule has 0 unspecified atom stereocenters. The van der Waals surface area contributed by atoms with Gasteiger partial charge in [-0.25, -0.2) is 14.4 Å². The van der Waals surface area contributed by atoms with Crippen LogP contribution in [0.5, 0.6) is 0 Å². The normalized spacial score (nSPS) is 11.3.